The maximum atomic E-state index is 13.6. The molecule has 3 heteroatoms. The highest BCUT2D eigenvalue weighted by Gasteiger charge is 2.54. The van der Waals surface area contributed by atoms with Crippen molar-refractivity contribution in [3.05, 3.63) is 29.8 Å². The molecule has 4 fully saturated rings. The van der Waals surface area contributed by atoms with E-state index in [2.05, 4.69) is 17.2 Å². The molecule has 4 aliphatic rings. The molecule has 0 saturated heterocycles. The van der Waals surface area contributed by atoms with E-state index >= 15 is 0 Å². The Labute approximate surface area is 126 Å². The number of hydrogen-bond acceptors (Lipinski definition) is 2. The molecule has 4 aliphatic carbocycles. The summed E-state index contributed by atoms with van der Waals surface area (Å²) in [6, 6.07) is 1.97. The summed E-state index contributed by atoms with van der Waals surface area (Å²) in [4.78, 5) is 4.10. The number of nitrogens with zero attached hydrogens (tertiary/aromatic N) is 1. The number of halogens is 1. The van der Waals surface area contributed by atoms with Crippen LogP contribution in [0.25, 0.3) is 0 Å². The van der Waals surface area contributed by atoms with Crippen molar-refractivity contribution in [2.24, 2.45) is 23.2 Å². The van der Waals surface area contributed by atoms with E-state index in [-0.39, 0.29) is 11.9 Å². The van der Waals surface area contributed by atoms with E-state index in [1.54, 1.807) is 6.07 Å². The molecule has 114 valence electrons. The SMILES string of the molecule is CCNC(c1cncc(F)c1)C12CC3CC(CC(C3)C1)C2. The predicted octanol–water partition coefficient (Wildman–Crippen LogP) is 4.09. The average Bonchev–Trinajstić information content (AvgIpc) is 2.43. The molecule has 0 amide bonds. The summed E-state index contributed by atoms with van der Waals surface area (Å²) in [5, 5.41) is 3.68. The van der Waals surface area contributed by atoms with E-state index < -0.39 is 0 Å². The number of rotatable bonds is 4. The Bertz CT molecular complexity index is 492. The van der Waals surface area contributed by atoms with Gasteiger partial charge in [-0.15, -0.1) is 0 Å². The number of nitrogens with one attached hydrogen (secondary N) is 1. The van der Waals surface area contributed by atoms with Crippen LogP contribution in [0.3, 0.4) is 0 Å². The second kappa shape index (κ2) is 5.05. The van der Waals surface area contributed by atoms with Crippen LogP contribution in [0.4, 0.5) is 4.39 Å². The standard InChI is InChI=1S/C18H25FN2/c1-2-21-17(15-6-16(19)11-20-10-15)18-7-12-3-13(8-18)5-14(4-12)9-18/h6,10-14,17,21H,2-5,7-9H2,1H3. The van der Waals surface area contributed by atoms with Crippen LogP contribution in [0.2, 0.25) is 0 Å². The molecule has 5 rings (SSSR count). The summed E-state index contributed by atoms with van der Waals surface area (Å²) in [6.07, 6.45) is 11.5. The van der Waals surface area contributed by atoms with Gasteiger partial charge in [0.05, 0.1) is 6.20 Å². The normalized spacial score (nSPS) is 38.7. The predicted molar refractivity (Wildman–Crippen MR) is 81.2 cm³/mol. The monoisotopic (exact) mass is 288 g/mol. The van der Waals surface area contributed by atoms with Gasteiger partial charge >= 0.3 is 0 Å². The van der Waals surface area contributed by atoms with Crippen LogP contribution in [0.5, 0.6) is 0 Å². The summed E-state index contributed by atoms with van der Waals surface area (Å²) < 4.78 is 13.6. The third-order valence-corrected chi connectivity index (χ3v) is 6.17. The van der Waals surface area contributed by atoms with Crippen LogP contribution >= 0.6 is 0 Å². The van der Waals surface area contributed by atoms with Gasteiger partial charge in [0.25, 0.3) is 0 Å². The van der Waals surface area contributed by atoms with Crippen molar-refractivity contribution in [2.75, 3.05) is 6.54 Å². The molecule has 4 saturated carbocycles. The van der Waals surface area contributed by atoms with Gasteiger partial charge in [0.15, 0.2) is 0 Å². The van der Waals surface area contributed by atoms with E-state index in [0.717, 1.165) is 29.9 Å². The Kier molecular flexibility index (Phi) is 3.29. The smallest absolute Gasteiger partial charge is 0.141 e. The van der Waals surface area contributed by atoms with Gasteiger partial charge in [0.2, 0.25) is 0 Å². The summed E-state index contributed by atoms with van der Waals surface area (Å²) in [5.74, 6) is 2.54. The van der Waals surface area contributed by atoms with Gasteiger partial charge in [0, 0.05) is 12.2 Å². The number of hydrogen-bond donors (Lipinski definition) is 1. The van der Waals surface area contributed by atoms with E-state index in [9.17, 15) is 4.39 Å². The lowest BCUT2D eigenvalue weighted by atomic mass is 9.47. The largest absolute Gasteiger partial charge is 0.310 e. The van der Waals surface area contributed by atoms with Crippen LogP contribution in [0.15, 0.2) is 18.5 Å². The minimum absolute atomic E-state index is 0.208. The molecule has 0 spiro atoms. The van der Waals surface area contributed by atoms with Gasteiger partial charge in [-0.05, 0) is 79.9 Å². The first kappa shape index (κ1) is 13.7. The third-order valence-electron chi connectivity index (χ3n) is 6.17. The van der Waals surface area contributed by atoms with Crippen molar-refractivity contribution in [3.8, 4) is 0 Å². The molecule has 2 nitrogen and oxygen atoms in total. The van der Waals surface area contributed by atoms with Crippen LogP contribution < -0.4 is 5.32 Å². The minimum atomic E-state index is -0.208. The van der Waals surface area contributed by atoms with Crippen LogP contribution in [0.1, 0.15) is 57.1 Å². The topological polar surface area (TPSA) is 24.9 Å². The molecule has 1 aromatic heterocycles. The van der Waals surface area contributed by atoms with Crippen molar-refractivity contribution in [1.82, 2.24) is 10.3 Å². The van der Waals surface area contributed by atoms with Gasteiger partial charge in [-0.25, -0.2) is 4.39 Å². The van der Waals surface area contributed by atoms with Crippen LogP contribution in [-0.2, 0) is 0 Å². The molecule has 4 bridgehead atoms. The lowest BCUT2D eigenvalue weighted by Crippen LogP contribution is -2.52. The first-order valence-corrected chi connectivity index (χ1v) is 8.52. The molecule has 0 radical (unpaired) electrons. The zero-order chi connectivity index (χ0) is 14.4. The Hall–Kier alpha value is -0.960. The first-order valence-electron chi connectivity index (χ1n) is 8.52. The molecular weight excluding hydrogens is 263 g/mol. The Morgan fingerprint density at radius 3 is 2.33 bits per heavy atom. The Morgan fingerprint density at radius 2 is 1.81 bits per heavy atom. The van der Waals surface area contributed by atoms with Crippen molar-refractivity contribution >= 4 is 0 Å². The molecule has 1 heterocycles. The van der Waals surface area contributed by atoms with E-state index in [4.69, 9.17) is 0 Å². The van der Waals surface area contributed by atoms with Crippen molar-refractivity contribution in [1.29, 1.82) is 0 Å². The van der Waals surface area contributed by atoms with E-state index in [0.29, 0.717) is 5.41 Å². The summed E-state index contributed by atoms with van der Waals surface area (Å²) in [7, 11) is 0. The van der Waals surface area contributed by atoms with Crippen LogP contribution in [-0.4, -0.2) is 11.5 Å². The maximum absolute atomic E-state index is 13.6. The Morgan fingerprint density at radius 1 is 1.19 bits per heavy atom. The highest BCUT2D eigenvalue weighted by atomic mass is 19.1. The van der Waals surface area contributed by atoms with Gasteiger partial charge in [-0.3, -0.25) is 4.98 Å². The molecular formula is C18H25FN2. The zero-order valence-corrected chi connectivity index (χ0v) is 12.8. The van der Waals surface area contributed by atoms with E-state index in [1.807, 2.05) is 6.20 Å². The van der Waals surface area contributed by atoms with Crippen molar-refractivity contribution in [2.45, 2.75) is 51.5 Å². The summed E-state index contributed by atoms with van der Waals surface area (Å²) in [5.41, 5.74) is 1.40. The number of pyridine rings is 1. The summed E-state index contributed by atoms with van der Waals surface area (Å²) >= 11 is 0. The lowest BCUT2D eigenvalue weighted by Gasteiger charge is -2.59. The molecule has 1 aromatic rings. The van der Waals surface area contributed by atoms with Gasteiger partial charge in [-0.1, -0.05) is 6.92 Å². The van der Waals surface area contributed by atoms with Crippen molar-refractivity contribution in [3.63, 3.8) is 0 Å². The zero-order valence-electron chi connectivity index (χ0n) is 12.8. The molecule has 1 atom stereocenters. The first-order chi connectivity index (χ1) is 10.2. The fourth-order valence-electron chi connectivity index (χ4n) is 6.01. The third kappa shape index (κ3) is 2.30. The minimum Gasteiger partial charge on any atom is -0.310 e. The fourth-order valence-corrected chi connectivity index (χ4v) is 6.01. The van der Waals surface area contributed by atoms with Crippen LogP contribution in [0, 0.1) is 29.0 Å². The number of aromatic nitrogens is 1. The summed E-state index contributed by atoms with van der Waals surface area (Å²) in [6.45, 7) is 3.09. The van der Waals surface area contributed by atoms with Gasteiger partial charge in [0.1, 0.15) is 5.82 Å². The molecule has 0 aliphatic heterocycles. The van der Waals surface area contributed by atoms with Crippen molar-refractivity contribution < 1.29 is 4.39 Å². The highest BCUT2D eigenvalue weighted by Crippen LogP contribution is 2.63. The lowest BCUT2D eigenvalue weighted by molar-refractivity contribution is -0.0747. The maximum Gasteiger partial charge on any atom is 0.141 e. The molecule has 1 unspecified atom stereocenters. The quantitative estimate of drug-likeness (QED) is 0.902. The molecule has 1 N–H and O–H groups in total. The average molecular weight is 288 g/mol. The molecule has 21 heavy (non-hydrogen) atoms. The second-order valence-corrected chi connectivity index (χ2v) is 7.71. The second-order valence-electron chi connectivity index (χ2n) is 7.71. The highest BCUT2D eigenvalue weighted by molar-refractivity contribution is 5.21. The Balaban J connectivity index is 1.70. The molecule has 0 aromatic carbocycles. The fraction of sp³-hybridized carbons (Fsp3) is 0.722. The van der Waals surface area contributed by atoms with E-state index in [1.165, 1.54) is 44.7 Å². The van der Waals surface area contributed by atoms with Gasteiger partial charge in [-0.2, -0.15) is 0 Å². The van der Waals surface area contributed by atoms with Gasteiger partial charge < -0.3 is 5.32 Å².